The minimum Gasteiger partial charge on any atom is -0.382 e. The van der Waals surface area contributed by atoms with Crippen LogP contribution in [-0.4, -0.2) is 20.9 Å². The molecule has 0 saturated carbocycles. The van der Waals surface area contributed by atoms with Crippen LogP contribution in [-0.2, 0) is 0 Å². The number of pyridine rings is 1. The van der Waals surface area contributed by atoms with Gasteiger partial charge < -0.3 is 11.1 Å². The molecule has 0 unspecified atom stereocenters. The Morgan fingerprint density at radius 2 is 2.22 bits per heavy atom. The maximum Gasteiger partial charge on any atom is 0.279 e. The van der Waals surface area contributed by atoms with E-state index in [1.54, 1.807) is 24.3 Å². The lowest BCUT2D eigenvalue weighted by Crippen LogP contribution is -2.18. The van der Waals surface area contributed by atoms with Gasteiger partial charge in [-0.15, -0.1) is 0 Å². The van der Waals surface area contributed by atoms with Crippen molar-refractivity contribution < 1.29 is 4.79 Å². The molecule has 0 aliphatic carbocycles. The molecule has 0 spiro atoms. The molecule has 0 aromatic carbocycles. The molecule has 18 heavy (non-hydrogen) atoms. The Hall–Kier alpha value is -3.01. The van der Waals surface area contributed by atoms with Gasteiger partial charge in [0.05, 0.1) is 6.20 Å². The van der Waals surface area contributed by atoms with E-state index in [2.05, 4.69) is 20.3 Å². The molecule has 3 N–H and O–H groups in total. The fourth-order valence-electron chi connectivity index (χ4n) is 1.23. The summed E-state index contributed by atoms with van der Waals surface area (Å²) in [5.41, 5.74) is 5.46. The van der Waals surface area contributed by atoms with Crippen molar-refractivity contribution in [2.24, 2.45) is 0 Å². The fourth-order valence-corrected chi connectivity index (χ4v) is 1.23. The Bertz CT molecular complexity index is 619. The average Bonchev–Trinajstić information content (AvgIpc) is 2.40. The number of carbonyl (C=O) groups excluding carboxylic acids is 1. The summed E-state index contributed by atoms with van der Waals surface area (Å²) in [5.74, 6) is -0.232. The number of rotatable bonds is 2. The lowest BCUT2D eigenvalue weighted by molar-refractivity contribution is 0.102. The molecule has 0 radical (unpaired) electrons. The van der Waals surface area contributed by atoms with Gasteiger partial charge in [-0.3, -0.25) is 4.79 Å². The van der Waals surface area contributed by atoms with E-state index in [9.17, 15) is 4.79 Å². The highest BCUT2D eigenvalue weighted by molar-refractivity contribution is 6.05. The van der Waals surface area contributed by atoms with Gasteiger partial charge in [-0.1, -0.05) is 6.07 Å². The van der Waals surface area contributed by atoms with Gasteiger partial charge >= 0.3 is 0 Å². The van der Waals surface area contributed by atoms with Crippen LogP contribution in [0.25, 0.3) is 0 Å². The van der Waals surface area contributed by atoms with Gasteiger partial charge in [0.2, 0.25) is 0 Å². The van der Waals surface area contributed by atoms with Gasteiger partial charge in [-0.2, -0.15) is 5.26 Å². The van der Waals surface area contributed by atoms with Crippen LogP contribution in [0.4, 0.5) is 11.6 Å². The minimum absolute atomic E-state index is 0.0235. The van der Waals surface area contributed by atoms with Crippen molar-refractivity contribution in [2.45, 2.75) is 0 Å². The smallest absolute Gasteiger partial charge is 0.279 e. The molecule has 0 aliphatic rings. The van der Waals surface area contributed by atoms with E-state index in [0.29, 0.717) is 5.82 Å². The Labute approximate surface area is 102 Å². The molecule has 0 aliphatic heterocycles. The maximum absolute atomic E-state index is 11.9. The third kappa shape index (κ3) is 2.38. The van der Waals surface area contributed by atoms with Crippen LogP contribution in [0.1, 0.15) is 16.2 Å². The molecule has 2 heterocycles. The van der Waals surface area contributed by atoms with E-state index < -0.39 is 5.91 Å². The largest absolute Gasteiger partial charge is 0.382 e. The number of hydrogen-bond acceptors (Lipinski definition) is 6. The summed E-state index contributed by atoms with van der Waals surface area (Å²) in [7, 11) is 0. The zero-order chi connectivity index (χ0) is 13.0. The quantitative estimate of drug-likeness (QED) is 0.792. The Kier molecular flexibility index (Phi) is 3.11. The molecule has 1 amide bonds. The van der Waals surface area contributed by atoms with E-state index in [1.807, 2.05) is 0 Å². The van der Waals surface area contributed by atoms with E-state index in [0.717, 1.165) is 0 Å². The van der Waals surface area contributed by atoms with Gasteiger partial charge in [0.25, 0.3) is 5.91 Å². The summed E-state index contributed by atoms with van der Waals surface area (Å²) in [4.78, 5) is 23.3. The first kappa shape index (κ1) is 11.5. The second-order valence-corrected chi connectivity index (χ2v) is 3.27. The Morgan fingerprint density at radius 3 is 2.89 bits per heavy atom. The Balaban J connectivity index is 2.27. The van der Waals surface area contributed by atoms with Crippen molar-refractivity contribution in [2.75, 3.05) is 11.1 Å². The van der Waals surface area contributed by atoms with Gasteiger partial charge in [0.1, 0.15) is 11.9 Å². The third-order valence-corrected chi connectivity index (χ3v) is 2.04. The van der Waals surface area contributed by atoms with Crippen molar-refractivity contribution in [1.29, 1.82) is 5.26 Å². The zero-order valence-corrected chi connectivity index (χ0v) is 9.16. The molecule has 2 rings (SSSR count). The SMILES string of the molecule is N#Cc1cnc(N)c(C(=O)Nc2ccccn2)n1. The van der Waals surface area contributed by atoms with Crippen LogP contribution >= 0.6 is 0 Å². The predicted molar refractivity (Wildman–Crippen MR) is 63.3 cm³/mol. The van der Waals surface area contributed by atoms with Crippen molar-refractivity contribution in [1.82, 2.24) is 15.0 Å². The van der Waals surface area contributed by atoms with Crippen LogP contribution in [0.2, 0.25) is 0 Å². The number of anilines is 2. The third-order valence-electron chi connectivity index (χ3n) is 2.04. The molecule has 7 heteroatoms. The summed E-state index contributed by atoms with van der Waals surface area (Å²) < 4.78 is 0. The van der Waals surface area contributed by atoms with Crippen molar-refractivity contribution in [3.05, 3.63) is 42.0 Å². The number of aromatic nitrogens is 3. The highest BCUT2D eigenvalue weighted by Crippen LogP contribution is 2.09. The standard InChI is InChI=1S/C11H8N6O/c12-5-7-6-15-10(13)9(16-7)11(18)17-8-3-1-2-4-14-8/h1-4,6H,(H2,13,15)(H,14,17,18). The number of nitrogens with one attached hydrogen (secondary N) is 1. The van der Waals surface area contributed by atoms with Crippen molar-refractivity contribution >= 4 is 17.5 Å². The summed E-state index contributed by atoms with van der Waals surface area (Å²) in [5, 5.41) is 11.2. The number of nitrogens with zero attached hydrogens (tertiary/aromatic N) is 4. The lowest BCUT2D eigenvalue weighted by Gasteiger charge is -2.05. The number of amides is 1. The number of nitrogen functional groups attached to an aromatic ring is 1. The van der Waals surface area contributed by atoms with Gasteiger partial charge in [-0.05, 0) is 12.1 Å². The highest BCUT2D eigenvalue weighted by atomic mass is 16.2. The molecule has 0 bridgehead atoms. The normalized spacial score (nSPS) is 9.50. The highest BCUT2D eigenvalue weighted by Gasteiger charge is 2.14. The lowest BCUT2D eigenvalue weighted by atomic mass is 10.3. The van der Waals surface area contributed by atoms with Crippen molar-refractivity contribution in [3.8, 4) is 6.07 Å². The van der Waals surface area contributed by atoms with E-state index in [-0.39, 0.29) is 17.2 Å². The first-order valence-electron chi connectivity index (χ1n) is 4.95. The Morgan fingerprint density at radius 1 is 1.39 bits per heavy atom. The number of nitrogens with two attached hydrogens (primary N) is 1. The van der Waals surface area contributed by atoms with E-state index >= 15 is 0 Å². The number of hydrogen-bond donors (Lipinski definition) is 2. The molecule has 7 nitrogen and oxygen atoms in total. The molecular formula is C11H8N6O. The van der Waals surface area contributed by atoms with Crippen molar-refractivity contribution in [3.63, 3.8) is 0 Å². The summed E-state index contributed by atoms with van der Waals surface area (Å²) >= 11 is 0. The van der Waals surface area contributed by atoms with Crippen LogP contribution in [0.3, 0.4) is 0 Å². The molecule has 2 aromatic rings. The zero-order valence-electron chi connectivity index (χ0n) is 9.16. The monoisotopic (exact) mass is 240 g/mol. The van der Waals surface area contributed by atoms with Crippen LogP contribution in [0.5, 0.6) is 0 Å². The summed E-state index contributed by atoms with van der Waals surface area (Å²) in [6.45, 7) is 0. The van der Waals surface area contributed by atoms with Crippen LogP contribution < -0.4 is 11.1 Å². The molecule has 0 saturated heterocycles. The van der Waals surface area contributed by atoms with Gasteiger partial charge in [0.15, 0.2) is 17.2 Å². The molecular weight excluding hydrogens is 232 g/mol. The van der Waals surface area contributed by atoms with Crippen LogP contribution in [0.15, 0.2) is 30.6 Å². The topological polar surface area (TPSA) is 118 Å². The molecule has 88 valence electrons. The maximum atomic E-state index is 11.9. The number of nitriles is 1. The first-order chi connectivity index (χ1) is 8.70. The van der Waals surface area contributed by atoms with Gasteiger partial charge in [-0.25, -0.2) is 15.0 Å². The van der Waals surface area contributed by atoms with Gasteiger partial charge in [0, 0.05) is 6.20 Å². The summed E-state index contributed by atoms with van der Waals surface area (Å²) in [6, 6.07) is 6.86. The molecule has 0 atom stereocenters. The fraction of sp³-hybridized carbons (Fsp3) is 0. The first-order valence-corrected chi connectivity index (χ1v) is 4.95. The second kappa shape index (κ2) is 4.88. The van der Waals surface area contributed by atoms with E-state index in [4.69, 9.17) is 11.0 Å². The summed E-state index contributed by atoms with van der Waals surface area (Å²) in [6.07, 6.45) is 2.74. The average molecular weight is 240 g/mol. The van der Waals surface area contributed by atoms with E-state index in [1.165, 1.54) is 12.4 Å². The second-order valence-electron chi connectivity index (χ2n) is 3.27. The minimum atomic E-state index is -0.559. The molecule has 2 aromatic heterocycles. The molecule has 0 fully saturated rings. The number of carbonyl (C=O) groups is 1. The van der Waals surface area contributed by atoms with Crippen LogP contribution in [0, 0.1) is 11.3 Å². The predicted octanol–water partition coefficient (Wildman–Crippen LogP) is 0.578.